The first-order chi connectivity index (χ1) is 9.24. The van der Waals surface area contributed by atoms with Crippen LogP contribution in [0.5, 0.6) is 5.75 Å². The minimum atomic E-state index is -0.255. The Balaban J connectivity index is 2.00. The minimum Gasteiger partial charge on any atom is -0.497 e. The van der Waals surface area contributed by atoms with Crippen LogP contribution >= 0.6 is 11.3 Å². The number of benzene rings is 1. The second-order valence-corrected chi connectivity index (χ2v) is 4.97. The van der Waals surface area contributed by atoms with E-state index in [4.69, 9.17) is 9.47 Å². The van der Waals surface area contributed by atoms with E-state index in [0.29, 0.717) is 4.88 Å². The SMILES string of the molecule is CCc1ccsc1C(=O)OCc1cccc(OC)c1. The zero-order valence-corrected chi connectivity index (χ0v) is 11.8. The van der Waals surface area contributed by atoms with Gasteiger partial charge in [0.15, 0.2) is 0 Å². The summed E-state index contributed by atoms with van der Waals surface area (Å²) in [6, 6.07) is 9.48. The van der Waals surface area contributed by atoms with Crippen molar-refractivity contribution in [3.63, 3.8) is 0 Å². The van der Waals surface area contributed by atoms with Crippen LogP contribution < -0.4 is 4.74 Å². The van der Waals surface area contributed by atoms with Crippen LogP contribution in [0.3, 0.4) is 0 Å². The summed E-state index contributed by atoms with van der Waals surface area (Å²) in [5.41, 5.74) is 1.96. The fraction of sp³-hybridized carbons (Fsp3) is 0.267. The van der Waals surface area contributed by atoms with Gasteiger partial charge in [0.25, 0.3) is 0 Å². The Labute approximate surface area is 116 Å². The average molecular weight is 276 g/mol. The number of rotatable bonds is 5. The summed E-state index contributed by atoms with van der Waals surface area (Å²) < 4.78 is 10.5. The molecule has 1 aromatic heterocycles. The molecule has 0 aliphatic heterocycles. The van der Waals surface area contributed by atoms with E-state index in [1.54, 1.807) is 7.11 Å². The van der Waals surface area contributed by atoms with Crippen molar-refractivity contribution in [3.05, 3.63) is 51.7 Å². The van der Waals surface area contributed by atoms with Crippen molar-refractivity contribution in [1.29, 1.82) is 0 Å². The lowest BCUT2D eigenvalue weighted by Crippen LogP contribution is -2.05. The Morgan fingerprint density at radius 1 is 1.32 bits per heavy atom. The second-order valence-electron chi connectivity index (χ2n) is 4.06. The van der Waals surface area contributed by atoms with Crippen molar-refractivity contribution < 1.29 is 14.3 Å². The first-order valence-electron chi connectivity index (χ1n) is 6.11. The van der Waals surface area contributed by atoms with E-state index in [1.165, 1.54) is 11.3 Å². The lowest BCUT2D eigenvalue weighted by Gasteiger charge is -2.06. The molecule has 0 amide bonds. The highest BCUT2D eigenvalue weighted by atomic mass is 32.1. The maximum absolute atomic E-state index is 12.0. The summed E-state index contributed by atoms with van der Waals surface area (Å²) >= 11 is 1.43. The predicted molar refractivity (Wildman–Crippen MR) is 75.8 cm³/mol. The van der Waals surface area contributed by atoms with Crippen LogP contribution in [0, 0.1) is 0 Å². The molecule has 0 unspecified atom stereocenters. The van der Waals surface area contributed by atoms with Crippen LogP contribution in [0.1, 0.15) is 27.7 Å². The zero-order chi connectivity index (χ0) is 13.7. The first kappa shape index (κ1) is 13.6. The third kappa shape index (κ3) is 3.35. The van der Waals surface area contributed by atoms with E-state index in [0.717, 1.165) is 23.3 Å². The van der Waals surface area contributed by atoms with Crippen LogP contribution in [0.4, 0.5) is 0 Å². The Hall–Kier alpha value is -1.81. The molecule has 1 aromatic carbocycles. The molecule has 2 rings (SSSR count). The molecule has 1 heterocycles. The molecule has 0 aliphatic rings. The third-order valence-electron chi connectivity index (χ3n) is 2.82. The molecular weight excluding hydrogens is 260 g/mol. The van der Waals surface area contributed by atoms with Crippen LogP contribution in [0.2, 0.25) is 0 Å². The number of hydrogen-bond acceptors (Lipinski definition) is 4. The highest BCUT2D eigenvalue weighted by Gasteiger charge is 2.13. The minimum absolute atomic E-state index is 0.255. The smallest absolute Gasteiger partial charge is 0.348 e. The van der Waals surface area contributed by atoms with Gasteiger partial charge in [-0.25, -0.2) is 4.79 Å². The Morgan fingerprint density at radius 2 is 2.16 bits per heavy atom. The average Bonchev–Trinajstić information content (AvgIpc) is 2.93. The number of aryl methyl sites for hydroxylation is 1. The van der Waals surface area contributed by atoms with Gasteiger partial charge in [0, 0.05) is 0 Å². The summed E-state index contributed by atoms with van der Waals surface area (Å²) in [7, 11) is 1.62. The lowest BCUT2D eigenvalue weighted by molar-refractivity contribution is 0.0477. The topological polar surface area (TPSA) is 35.5 Å². The molecule has 0 fully saturated rings. The van der Waals surface area contributed by atoms with Crippen molar-refractivity contribution in [1.82, 2.24) is 0 Å². The quantitative estimate of drug-likeness (QED) is 0.782. The Morgan fingerprint density at radius 3 is 2.89 bits per heavy atom. The molecule has 0 bridgehead atoms. The molecule has 4 heteroatoms. The fourth-order valence-electron chi connectivity index (χ4n) is 1.77. The third-order valence-corrected chi connectivity index (χ3v) is 3.75. The number of thiophene rings is 1. The molecule has 100 valence electrons. The van der Waals surface area contributed by atoms with Gasteiger partial charge in [-0.15, -0.1) is 11.3 Å². The van der Waals surface area contributed by atoms with Crippen molar-refractivity contribution in [2.24, 2.45) is 0 Å². The van der Waals surface area contributed by atoms with E-state index in [2.05, 4.69) is 0 Å². The van der Waals surface area contributed by atoms with E-state index in [9.17, 15) is 4.79 Å². The van der Waals surface area contributed by atoms with E-state index in [-0.39, 0.29) is 12.6 Å². The summed E-state index contributed by atoms with van der Waals surface area (Å²) in [6.07, 6.45) is 0.840. The maximum Gasteiger partial charge on any atom is 0.348 e. The number of hydrogen-bond donors (Lipinski definition) is 0. The van der Waals surface area contributed by atoms with Gasteiger partial charge >= 0.3 is 5.97 Å². The molecule has 0 saturated heterocycles. The number of esters is 1. The van der Waals surface area contributed by atoms with E-state index in [1.807, 2.05) is 42.6 Å². The van der Waals surface area contributed by atoms with Crippen LogP contribution in [-0.2, 0) is 17.8 Å². The van der Waals surface area contributed by atoms with Crippen LogP contribution in [-0.4, -0.2) is 13.1 Å². The molecule has 19 heavy (non-hydrogen) atoms. The van der Waals surface area contributed by atoms with Crippen LogP contribution in [0.25, 0.3) is 0 Å². The number of ether oxygens (including phenoxy) is 2. The van der Waals surface area contributed by atoms with Crippen LogP contribution in [0.15, 0.2) is 35.7 Å². The van der Waals surface area contributed by atoms with Gasteiger partial charge < -0.3 is 9.47 Å². The van der Waals surface area contributed by atoms with Gasteiger partial charge in [-0.1, -0.05) is 19.1 Å². The summed E-state index contributed by atoms with van der Waals surface area (Å²) in [6.45, 7) is 2.29. The number of methoxy groups -OCH3 is 1. The standard InChI is InChI=1S/C15H16O3S/c1-3-12-7-8-19-14(12)15(16)18-10-11-5-4-6-13(9-11)17-2/h4-9H,3,10H2,1-2H3. The molecule has 3 nitrogen and oxygen atoms in total. The fourth-order valence-corrected chi connectivity index (χ4v) is 2.66. The molecular formula is C15H16O3S. The number of carbonyl (C=O) groups excluding carboxylic acids is 1. The maximum atomic E-state index is 12.0. The van der Waals surface area contributed by atoms with Gasteiger partial charge in [-0.3, -0.25) is 0 Å². The summed E-state index contributed by atoms with van der Waals surface area (Å²) in [5.74, 6) is 0.508. The van der Waals surface area contributed by atoms with Gasteiger partial charge in [0.1, 0.15) is 17.2 Å². The van der Waals surface area contributed by atoms with Gasteiger partial charge in [-0.2, -0.15) is 0 Å². The second kappa shape index (κ2) is 6.38. The molecule has 0 spiro atoms. The zero-order valence-electron chi connectivity index (χ0n) is 11.0. The molecule has 0 N–H and O–H groups in total. The Bertz CT molecular complexity index is 560. The monoisotopic (exact) mass is 276 g/mol. The van der Waals surface area contributed by atoms with E-state index < -0.39 is 0 Å². The summed E-state index contributed by atoms with van der Waals surface area (Å²) in [5, 5.41) is 1.92. The molecule has 2 aromatic rings. The summed E-state index contributed by atoms with van der Waals surface area (Å²) in [4.78, 5) is 12.7. The van der Waals surface area contributed by atoms with Crippen molar-refractivity contribution in [2.45, 2.75) is 20.0 Å². The highest BCUT2D eigenvalue weighted by Crippen LogP contribution is 2.20. The van der Waals surface area contributed by atoms with Gasteiger partial charge in [-0.05, 0) is 41.1 Å². The molecule has 0 radical (unpaired) electrons. The normalized spacial score (nSPS) is 10.2. The predicted octanol–water partition coefficient (Wildman–Crippen LogP) is 3.68. The van der Waals surface area contributed by atoms with Crippen molar-refractivity contribution in [2.75, 3.05) is 7.11 Å². The highest BCUT2D eigenvalue weighted by molar-refractivity contribution is 7.12. The van der Waals surface area contributed by atoms with E-state index >= 15 is 0 Å². The van der Waals surface area contributed by atoms with Crippen molar-refractivity contribution >= 4 is 17.3 Å². The molecule has 0 saturated carbocycles. The van der Waals surface area contributed by atoms with Gasteiger partial charge in [0.05, 0.1) is 7.11 Å². The molecule has 0 atom stereocenters. The Kier molecular flexibility index (Phi) is 4.58. The number of carbonyl (C=O) groups is 1. The van der Waals surface area contributed by atoms with Crippen molar-refractivity contribution in [3.8, 4) is 5.75 Å². The first-order valence-corrected chi connectivity index (χ1v) is 6.99. The lowest BCUT2D eigenvalue weighted by atomic mass is 10.2. The largest absolute Gasteiger partial charge is 0.497 e. The molecule has 0 aliphatic carbocycles. The van der Waals surface area contributed by atoms with Gasteiger partial charge in [0.2, 0.25) is 0 Å².